The van der Waals surface area contributed by atoms with Crippen molar-refractivity contribution in [3.8, 4) is 34.6 Å². The van der Waals surface area contributed by atoms with Gasteiger partial charge in [-0.05, 0) is 91.2 Å². The Morgan fingerprint density at radius 1 is 0.613 bits per heavy atom. The number of benzene rings is 2. The van der Waals surface area contributed by atoms with Crippen LogP contribution in [0.2, 0.25) is 0 Å². The third kappa shape index (κ3) is 16.1. The minimum absolute atomic E-state index is 0.0813. The maximum Gasteiger partial charge on any atom is 0.306 e. The average Bonchev–Trinajstić information content (AvgIpc) is 3.22. The Morgan fingerprint density at radius 2 is 1.02 bits per heavy atom. The fourth-order valence-corrected chi connectivity index (χ4v) is 7.25. The van der Waals surface area contributed by atoms with Crippen molar-refractivity contribution in [2.24, 2.45) is 0 Å². The summed E-state index contributed by atoms with van der Waals surface area (Å²) in [5.74, 6) is -0.776. The number of rotatable bonds is 29. The summed E-state index contributed by atoms with van der Waals surface area (Å²) in [5, 5.41) is 44.1. The summed E-state index contributed by atoms with van der Waals surface area (Å²) in [4.78, 5) is 31.3. The molecule has 16 nitrogen and oxygen atoms in total. The van der Waals surface area contributed by atoms with Crippen molar-refractivity contribution in [3.63, 3.8) is 0 Å². The molecule has 62 heavy (non-hydrogen) atoms. The zero-order valence-corrected chi connectivity index (χ0v) is 38.6. The van der Waals surface area contributed by atoms with Gasteiger partial charge in [0.25, 0.3) is 0 Å². The van der Waals surface area contributed by atoms with E-state index in [1.165, 1.54) is 0 Å². The number of aliphatic hydroxyl groups excluding tert-OH is 2. The number of carbonyl (C=O) groups is 2. The van der Waals surface area contributed by atoms with Crippen LogP contribution in [0.15, 0.2) is 57.5 Å². The van der Waals surface area contributed by atoms with Gasteiger partial charge in [-0.15, -0.1) is 0 Å². The Labute approximate surface area is 378 Å². The van der Waals surface area contributed by atoms with E-state index in [4.69, 9.17) is 38.6 Å². The van der Waals surface area contributed by atoms with Gasteiger partial charge in [-0.25, -0.2) is 0 Å². The van der Waals surface area contributed by atoms with E-state index >= 15 is 0 Å². The van der Waals surface area contributed by atoms with Crippen LogP contribution in [0.3, 0.4) is 0 Å². The number of aliphatic carboxylic acids is 2. The van der Waals surface area contributed by atoms with Crippen LogP contribution in [0.5, 0.6) is 23.5 Å². The lowest BCUT2D eigenvalue weighted by Crippen LogP contribution is -2.28. The molecule has 0 spiro atoms. The van der Waals surface area contributed by atoms with Gasteiger partial charge in [0.05, 0.1) is 47.2 Å². The fourth-order valence-electron chi connectivity index (χ4n) is 6.29. The van der Waals surface area contributed by atoms with Crippen LogP contribution in [0, 0.1) is 13.8 Å². The number of aromatic nitrogens is 2. The van der Waals surface area contributed by atoms with Crippen molar-refractivity contribution in [2.45, 2.75) is 78.0 Å². The molecule has 18 heteroatoms. The lowest BCUT2D eigenvalue weighted by molar-refractivity contribution is -0.140. The number of carboxylic acid groups (broad SMARTS) is 2. The van der Waals surface area contributed by atoms with Crippen LogP contribution in [-0.4, -0.2) is 108 Å². The zero-order chi connectivity index (χ0) is 45.0. The molecule has 0 bridgehead atoms. The molecular weight excluding hydrogens is 936 g/mol. The summed E-state index contributed by atoms with van der Waals surface area (Å²) < 4.78 is 36.1. The number of nitrogens with one attached hydrogen (secondary N) is 2. The van der Waals surface area contributed by atoms with Gasteiger partial charge in [-0.3, -0.25) is 9.59 Å². The molecular formula is C44H56Br2N4O12. The van der Waals surface area contributed by atoms with Crippen molar-refractivity contribution in [2.75, 3.05) is 53.7 Å². The second kappa shape index (κ2) is 26.3. The van der Waals surface area contributed by atoms with Crippen molar-refractivity contribution in [1.82, 2.24) is 20.6 Å². The number of aliphatic hydroxyl groups is 2. The number of nitrogens with zero attached hydrogens (tertiary/aromatic N) is 2. The molecule has 2 atom stereocenters. The Hall–Kier alpha value is -4.40. The van der Waals surface area contributed by atoms with Gasteiger partial charge >= 0.3 is 11.9 Å². The Balaban J connectivity index is 1.49. The largest absolute Gasteiger partial charge is 0.481 e. The molecule has 4 aromatic rings. The van der Waals surface area contributed by atoms with E-state index < -0.39 is 24.1 Å². The Bertz CT molecular complexity index is 1930. The molecule has 2 aromatic carbocycles. The number of carboxylic acids is 2. The first-order valence-corrected chi connectivity index (χ1v) is 21.7. The van der Waals surface area contributed by atoms with Gasteiger partial charge < -0.3 is 59.5 Å². The normalized spacial score (nSPS) is 12.2. The molecule has 0 aliphatic heterocycles. The minimum Gasteiger partial charge on any atom is -0.481 e. The highest BCUT2D eigenvalue weighted by Crippen LogP contribution is 2.35. The molecule has 0 radical (unpaired) electrons. The van der Waals surface area contributed by atoms with Gasteiger partial charge in [0.1, 0.15) is 13.2 Å². The summed E-state index contributed by atoms with van der Waals surface area (Å²) in [5.41, 5.74) is 7.43. The number of pyridine rings is 2. The van der Waals surface area contributed by atoms with E-state index in [0.29, 0.717) is 82.9 Å². The quantitative estimate of drug-likeness (QED) is 0.0337. The minimum atomic E-state index is -1.08. The van der Waals surface area contributed by atoms with Gasteiger partial charge in [-0.2, -0.15) is 9.97 Å². The second-order valence-corrected chi connectivity index (χ2v) is 16.1. The van der Waals surface area contributed by atoms with Crippen LogP contribution in [-0.2, 0) is 45.4 Å². The van der Waals surface area contributed by atoms with Crippen LogP contribution < -0.4 is 29.6 Å². The van der Waals surface area contributed by atoms with Crippen LogP contribution in [0.25, 0.3) is 11.1 Å². The Morgan fingerprint density at radius 3 is 1.39 bits per heavy atom. The lowest BCUT2D eigenvalue weighted by Gasteiger charge is -2.18. The van der Waals surface area contributed by atoms with Crippen molar-refractivity contribution in [3.05, 3.63) is 90.9 Å². The van der Waals surface area contributed by atoms with E-state index in [1.54, 1.807) is 14.2 Å². The molecule has 4 rings (SSSR count). The maximum atomic E-state index is 11.0. The number of methoxy groups -OCH3 is 2. The van der Waals surface area contributed by atoms with Crippen molar-refractivity contribution in [1.29, 1.82) is 0 Å². The van der Waals surface area contributed by atoms with Gasteiger partial charge in [0.15, 0.2) is 0 Å². The number of hydrogen-bond acceptors (Lipinski definition) is 14. The molecule has 2 aromatic heterocycles. The van der Waals surface area contributed by atoms with Crippen LogP contribution in [0.4, 0.5) is 0 Å². The van der Waals surface area contributed by atoms with E-state index in [0.717, 1.165) is 33.4 Å². The molecule has 2 heterocycles. The van der Waals surface area contributed by atoms with Gasteiger partial charge in [-0.1, -0.05) is 36.4 Å². The number of halogens is 2. The Kier molecular flexibility index (Phi) is 21.3. The SMILES string of the molecule is COCCCOc1nc(OCc2cccc(-c3cccc(COc4nc(OCCCOC)c(CNCC(O)CC(=O)O)cc4Br)c3C)c2C)c(Br)cc1CNCC(O)CC(=O)O. The smallest absolute Gasteiger partial charge is 0.306 e. The third-order valence-electron chi connectivity index (χ3n) is 9.55. The molecule has 0 aliphatic carbocycles. The van der Waals surface area contributed by atoms with E-state index in [-0.39, 0.29) is 52.2 Å². The predicted molar refractivity (Wildman–Crippen MR) is 238 cm³/mol. The van der Waals surface area contributed by atoms with Crippen molar-refractivity contribution >= 4 is 43.8 Å². The molecule has 338 valence electrons. The average molecular weight is 993 g/mol. The van der Waals surface area contributed by atoms with Crippen LogP contribution >= 0.6 is 31.9 Å². The first kappa shape index (κ1) is 50.2. The van der Waals surface area contributed by atoms with E-state index in [9.17, 15) is 19.8 Å². The summed E-state index contributed by atoms with van der Waals surface area (Å²) in [7, 11) is 3.24. The number of hydrogen-bond donors (Lipinski definition) is 6. The molecule has 0 saturated carbocycles. The summed E-state index contributed by atoms with van der Waals surface area (Å²) >= 11 is 7.19. The molecule has 2 unspecified atom stereocenters. The summed E-state index contributed by atoms with van der Waals surface area (Å²) in [6.07, 6.45) is -1.52. The van der Waals surface area contributed by atoms with Gasteiger partial charge in [0.2, 0.25) is 23.5 Å². The van der Waals surface area contributed by atoms with E-state index in [1.807, 2.05) is 36.4 Å². The molecule has 0 aliphatic rings. The molecule has 0 amide bonds. The first-order chi connectivity index (χ1) is 29.8. The topological polar surface area (TPSA) is 220 Å². The molecule has 0 fully saturated rings. The van der Waals surface area contributed by atoms with E-state index in [2.05, 4.69) is 78.4 Å². The molecule has 6 N–H and O–H groups in total. The fraction of sp³-hybridized carbons (Fsp3) is 0.455. The zero-order valence-electron chi connectivity index (χ0n) is 35.4. The summed E-state index contributed by atoms with van der Waals surface area (Å²) in [6, 6.07) is 15.8. The van der Waals surface area contributed by atoms with Crippen molar-refractivity contribution < 1.29 is 58.4 Å². The third-order valence-corrected chi connectivity index (χ3v) is 10.7. The highest BCUT2D eigenvalue weighted by Gasteiger charge is 2.19. The van der Waals surface area contributed by atoms with Crippen LogP contribution in [0.1, 0.15) is 59.1 Å². The lowest BCUT2D eigenvalue weighted by atomic mass is 9.92. The van der Waals surface area contributed by atoms with Gasteiger partial charge in [0, 0.05) is 77.6 Å². The maximum absolute atomic E-state index is 11.0. The second-order valence-electron chi connectivity index (χ2n) is 14.4. The summed E-state index contributed by atoms with van der Waals surface area (Å²) in [6.45, 7) is 7.01. The highest BCUT2D eigenvalue weighted by atomic mass is 79.9. The molecule has 0 saturated heterocycles. The number of ether oxygens (including phenoxy) is 6. The highest BCUT2D eigenvalue weighted by molar-refractivity contribution is 9.10. The first-order valence-electron chi connectivity index (χ1n) is 20.1. The standard InChI is InChI=1S/C44H56Br2N4O12/c1-27-29(25-61-43-37(45)17-31(21-47-23-33(51)19-39(53)54)41(49-43)59-15-7-13-57-3)9-5-11-35(27)36-12-6-10-30(28(36)2)26-62-44-38(46)18-32(22-48-24-34(52)20-40(55)56)42(50-44)60-16-8-14-58-4/h5-6,9-12,17-18,33-34,47-48,51-52H,7-8,13-16,19-26H2,1-4H3,(H,53,54)(H,55,56). The predicted octanol–water partition coefficient (Wildman–Crippen LogP) is 6.12. The monoisotopic (exact) mass is 990 g/mol.